The number of benzene rings is 1. The third-order valence-corrected chi connectivity index (χ3v) is 7.33. The lowest BCUT2D eigenvalue weighted by atomic mass is 9.75. The molecule has 0 radical (unpaired) electrons. The van der Waals surface area contributed by atoms with Crippen molar-refractivity contribution in [3.05, 3.63) is 29.3 Å². The van der Waals surface area contributed by atoms with Gasteiger partial charge < -0.3 is 0 Å². The molecular weight excluding hydrogens is 356 g/mol. The van der Waals surface area contributed by atoms with Gasteiger partial charge in [0.1, 0.15) is 5.78 Å². The van der Waals surface area contributed by atoms with Gasteiger partial charge in [-0.2, -0.15) is 12.6 Å². The maximum atomic E-state index is 12.6. The van der Waals surface area contributed by atoms with Crippen LogP contribution < -0.4 is 0 Å². The van der Waals surface area contributed by atoms with Crippen molar-refractivity contribution >= 4 is 30.2 Å². The van der Waals surface area contributed by atoms with Crippen LogP contribution in [-0.2, 0) is 10.2 Å². The van der Waals surface area contributed by atoms with Gasteiger partial charge in [-0.3, -0.25) is 4.79 Å². The Morgan fingerprint density at radius 2 is 1.58 bits per heavy atom. The Morgan fingerprint density at radius 1 is 1.08 bits per heavy atom. The number of hydrogen-bond donors (Lipinski definition) is 1. The summed E-state index contributed by atoms with van der Waals surface area (Å²) in [6, 6.07) is 6.51. The van der Waals surface area contributed by atoms with E-state index in [0.29, 0.717) is 5.78 Å². The molecule has 0 bridgehead atoms. The monoisotopic (exact) mass is 396 g/mol. The van der Waals surface area contributed by atoms with Crippen LogP contribution in [0.3, 0.4) is 0 Å². The lowest BCUT2D eigenvalue weighted by Crippen LogP contribution is -2.35. The van der Waals surface area contributed by atoms with E-state index in [1.165, 1.54) is 10.5 Å². The van der Waals surface area contributed by atoms with E-state index in [2.05, 4.69) is 52.8 Å². The minimum atomic E-state index is -0.437. The first-order chi connectivity index (χ1) is 11.7. The van der Waals surface area contributed by atoms with E-state index >= 15 is 0 Å². The van der Waals surface area contributed by atoms with Crippen LogP contribution in [0.4, 0.5) is 0 Å². The van der Waals surface area contributed by atoms with Gasteiger partial charge in [-0.25, -0.2) is 0 Å². The summed E-state index contributed by atoms with van der Waals surface area (Å²) >= 11 is 6.62. The van der Waals surface area contributed by atoms with Gasteiger partial charge >= 0.3 is 0 Å². The fraction of sp³-hybridized carbons (Fsp3) is 0.696. The first-order valence-electron chi connectivity index (χ1n) is 9.71. The molecule has 0 saturated carbocycles. The molecule has 0 fully saturated rings. The maximum absolute atomic E-state index is 12.6. The smallest absolute Gasteiger partial charge is 0.145 e. The van der Waals surface area contributed by atoms with Crippen LogP contribution in [0.25, 0.3) is 0 Å². The first kappa shape index (κ1) is 25.6. The molecule has 1 nitrogen and oxygen atoms in total. The molecule has 0 N–H and O–H groups in total. The van der Waals surface area contributed by atoms with Crippen molar-refractivity contribution in [2.45, 2.75) is 91.2 Å². The minimum absolute atomic E-state index is 0.0271. The zero-order chi connectivity index (χ0) is 20.9. The van der Waals surface area contributed by atoms with Gasteiger partial charge in [-0.05, 0) is 49.4 Å². The number of thioether (sulfide) groups is 1. The fourth-order valence-electron chi connectivity index (χ4n) is 2.72. The summed E-state index contributed by atoms with van der Waals surface area (Å²) in [6.45, 7) is 23.0. The highest BCUT2D eigenvalue weighted by Gasteiger charge is 2.34. The Labute approximate surface area is 172 Å². The van der Waals surface area contributed by atoms with Crippen molar-refractivity contribution in [3.8, 4) is 0 Å². The molecule has 150 valence electrons. The van der Waals surface area contributed by atoms with Crippen molar-refractivity contribution in [2.24, 2.45) is 11.3 Å². The Bertz CT molecular complexity index is 593. The van der Waals surface area contributed by atoms with Crippen LogP contribution in [-0.4, -0.2) is 16.3 Å². The van der Waals surface area contributed by atoms with Crippen LogP contribution in [0.15, 0.2) is 23.1 Å². The topological polar surface area (TPSA) is 17.1 Å². The summed E-state index contributed by atoms with van der Waals surface area (Å²) in [7, 11) is 0. The summed E-state index contributed by atoms with van der Waals surface area (Å²) in [6.07, 6.45) is 0. The van der Waals surface area contributed by atoms with Gasteiger partial charge in [-0.1, -0.05) is 61.5 Å². The molecular formula is C23H40OS2. The summed E-state index contributed by atoms with van der Waals surface area (Å²) in [5, 5.41) is 0. The zero-order valence-corrected chi connectivity index (χ0v) is 20.5. The molecule has 0 unspecified atom stereocenters. The van der Waals surface area contributed by atoms with Crippen LogP contribution in [0, 0.1) is 18.3 Å². The van der Waals surface area contributed by atoms with E-state index in [0.717, 1.165) is 11.3 Å². The molecule has 1 aromatic rings. The molecule has 0 aliphatic rings. The highest BCUT2D eigenvalue weighted by Crippen LogP contribution is 2.41. The molecule has 0 saturated heterocycles. The van der Waals surface area contributed by atoms with Crippen molar-refractivity contribution in [1.29, 1.82) is 0 Å². The molecule has 0 aromatic heterocycles. The molecule has 1 aromatic carbocycles. The van der Waals surface area contributed by atoms with Gasteiger partial charge in [0.25, 0.3) is 0 Å². The predicted octanol–water partition coefficient (Wildman–Crippen LogP) is 7.35. The number of carbonyl (C=O) groups is 1. The Hall–Kier alpha value is -0.410. The fourth-order valence-corrected chi connectivity index (χ4v) is 4.22. The largest absolute Gasteiger partial charge is 0.298 e. The summed E-state index contributed by atoms with van der Waals surface area (Å²) in [4.78, 5) is 13.8. The van der Waals surface area contributed by atoms with E-state index in [4.69, 9.17) is 12.6 Å². The molecule has 0 amide bonds. The van der Waals surface area contributed by atoms with Gasteiger partial charge in [0.15, 0.2) is 0 Å². The predicted molar refractivity (Wildman–Crippen MR) is 123 cm³/mol. The van der Waals surface area contributed by atoms with E-state index < -0.39 is 5.41 Å². The number of ketones is 1. The van der Waals surface area contributed by atoms with E-state index in [1.54, 1.807) is 0 Å². The Balaban J connectivity index is 0.00000301. The van der Waals surface area contributed by atoms with Crippen LogP contribution in [0.1, 0.15) is 80.4 Å². The number of carbonyl (C=O) groups excluding carboxylic acids is 1. The number of rotatable bonds is 7. The van der Waals surface area contributed by atoms with Crippen molar-refractivity contribution in [1.82, 2.24) is 0 Å². The van der Waals surface area contributed by atoms with Crippen molar-refractivity contribution in [2.75, 3.05) is 5.75 Å². The van der Waals surface area contributed by atoms with Crippen LogP contribution >= 0.6 is 24.4 Å². The number of aryl methyl sites for hydroxylation is 1. The average Bonchev–Trinajstić information content (AvgIpc) is 2.52. The molecule has 26 heavy (non-hydrogen) atoms. The minimum Gasteiger partial charge on any atom is -0.298 e. The second-order valence-electron chi connectivity index (χ2n) is 8.85. The maximum Gasteiger partial charge on any atom is 0.145 e. The average molecular weight is 397 g/mol. The van der Waals surface area contributed by atoms with E-state index in [1.807, 2.05) is 53.3 Å². The molecule has 3 heteroatoms. The number of hydrogen-bond acceptors (Lipinski definition) is 3. The molecule has 0 aliphatic heterocycles. The second kappa shape index (κ2) is 9.68. The Morgan fingerprint density at radius 3 is 1.96 bits per heavy atom. The molecule has 0 atom stereocenters. The number of thiol groups is 1. The van der Waals surface area contributed by atoms with Crippen LogP contribution in [0.2, 0.25) is 0 Å². The molecule has 1 rings (SSSR count). The molecule has 0 spiro atoms. The van der Waals surface area contributed by atoms with Gasteiger partial charge in [-0.15, -0.1) is 11.8 Å². The lowest BCUT2D eigenvalue weighted by Gasteiger charge is -2.37. The summed E-state index contributed by atoms with van der Waals surface area (Å²) < 4.78 is -0.0271. The van der Waals surface area contributed by atoms with Gasteiger partial charge in [0.05, 0.1) is 0 Å². The SMILES string of the molecule is CC.Cc1cc(SCC(C)(C)C(C)(C)S)ccc1C(C)(C)C(=O)C(C)C. The highest BCUT2D eigenvalue weighted by atomic mass is 32.2. The van der Waals surface area contributed by atoms with E-state index in [-0.39, 0.29) is 16.1 Å². The van der Waals surface area contributed by atoms with E-state index in [9.17, 15) is 4.79 Å². The molecule has 0 aliphatic carbocycles. The second-order valence-corrected chi connectivity index (χ2v) is 11.0. The quantitative estimate of drug-likeness (QED) is 0.383. The zero-order valence-electron chi connectivity index (χ0n) is 18.8. The standard InChI is InChI=1S/C21H34OS2.C2H6/c1-14(2)18(22)20(6,7)17-11-10-16(12-15(17)3)24-13-19(4,5)21(8,9)23;1-2/h10-12,14,23H,13H2,1-9H3;1-2H3. The van der Waals surface area contributed by atoms with Crippen molar-refractivity contribution < 1.29 is 4.79 Å². The van der Waals surface area contributed by atoms with Crippen molar-refractivity contribution in [3.63, 3.8) is 0 Å². The summed E-state index contributed by atoms with van der Waals surface area (Å²) in [5.41, 5.74) is 2.02. The number of Topliss-reactive ketones (excluding diaryl/α,β-unsaturated/α-hetero) is 1. The molecule has 0 heterocycles. The first-order valence-corrected chi connectivity index (χ1v) is 11.1. The third kappa shape index (κ3) is 6.34. The van der Waals surface area contributed by atoms with Gasteiger partial charge in [0.2, 0.25) is 0 Å². The lowest BCUT2D eigenvalue weighted by molar-refractivity contribution is -0.126. The summed E-state index contributed by atoms with van der Waals surface area (Å²) in [5.74, 6) is 1.35. The Kier molecular flexibility index (Phi) is 9.53. The normalized spacial score (nSPS) is 12.7. The third-order valence-electron chi connectivity index (χ3n) is 5.27. The van der Waals surface area contributed by atoms with Gasteiger partial charge in [0, 0.05) is 26.7 Å². The van der Waals surface area contributed by atoms with Crippen LogP contribution in [0.5, 0.6) is 0 Å². The highest BCUT2D eigenvalue weighted by molar-refractivity contribution is 7.99.